The Bertz CT molecular complexity index is 1330. The van der Waals surface area contributed by atoms with Crippen LogP contribution in [-0.2, 0) is 0 Å². The smallest absolute Gasteiger partial charge is 0.321 e. The number of ketones is 1. The molecule has 42 heavy (non-hydrogen) atoms. The fourth-order valence-corrected chi connectivity index (χ4v) is 5.22. The molecule has 0 bridgehead atoms. The minimum atomic E-state index is 0.0432. The van der Waals surface area contributed by atoms with Gasteiger partial charge in [-0.05, 0) is 105 Å². The highest BCUT2D eigenvalue weighted by molar-refractivity contribution is 5.96. The Balaban J connectivity index is 0.000000145. The van der Waals surface area contributed by atoms with Gasteiger partial charge in [-0.1, -0.05) is 48.9 Å². The molecule has 1 aliphatic heterocycles. The molecule has 2 amide bonds. The minimum Gasteiger partial charge on any atom is -0.388 e. The molecule has 4 fully saturated rings. The Morgan fingerprint density at radius 3 is 1.88 bits per heavy atom. The molecule has 3 aromatic rings. The minimum absolute atomic E-state index is 0.0432. The third kappa shape index (κ3) is 8.09. The molecule has 220 valence electrons. The van der Waals surface area contributed by atoms with Crippen molar-refractivity contribution in [2.75, 3.05) is 30.8 Å². The lowest BCUT2D eigenvalue weighted by Crippen LogP contribution is -2.32. The molecule has 4 aliphatic rings. The Morgan fingerprint density at radius 1 is 0.786 bits per heavy atom. The summed E-state index contributed by atoms with van der Waals surface area (Å²) in [6, 6.07) is 20.3. The number of anilines is 2. The van der Waals surface area contributed by atoms with Crippen molar-refractivity contribution >= 4 is 23.2 Å². The molecule has 0 atom stereocenters. The first kappa shape index (κ1) is 29.6. The van der Waals surface area contributed by atoms with Crippen LogP contribution < -0.4 is 10.6 Å². The number of Topliss-reactive ketones (excluding diaryl/α,β-unsaturated/α-hetero) is 1. The Labute approximate surface area is 250 Å². The molecule has 0 radical (unpaired) electrons. The maximum Gasteiger partial charge on any atom is 0.321 e. The predicted molar refractivity (Wildman–Crippen MR) is 172 cm³/mol. The molecule has 1 saturated heterocycles. The number of benzene rings is 2. The quantitative estimate of drug-likeness (QED) is 0.232. The summed E-state index contributed by atoms with van der Waals surface area (Å²) in [5.74, 6) is 1.19. The molecular weight excluding hydrogens is 520 g/mol. The SMILES string of the molecule is C=C1CCC1.CNc1ccc(-c2ccc(C(=O)C3CCC3)nc2)cc1.O=C(Nc1ccc(C2CC2)cc1)N1CCCC1. The normalized spacial score (nSPS) is 17.5. The first-order chi connectivity index (χ1) is 20.5. The highest BCUT2D eigenvalue weighted by atomic mass is 16.2. The molecular formula is C36H44N4O2. The summed E-state index contributed by atoms with van der Waals surface area (Å²) in [5, 5.41) is 6.05. The van der Waals surface area contributed by atoms with Crippen LogP contribution in [0.1, 0.15) is 86.2 Å². The van der Waals surface area contributed by atoms with Crippen molar-refractivity contribution in [3.8, 4) is 11.1 Å². The summed E-state index contributed by atoms with van der Waals surface area (Å²) in [6.07, 6.45) is 13.9. The van der Waals surface area contributed by atoms with Gasteiger partial charge < -0.3 is 15.5 Å². The standard InChI is InChI=1S/C17H18N2O.C14H18N2O.C5H8/c1-18-15-8-5-12(6-9-15)14-7-10-16(19-11-14)17(20)13-3-2-4-13;17-14(16-9-1-2-10-16)15-13-7-5-12(6-8-13)11-3-4-11;1-5-3-2-4-5/h5-11,13,18H,2-4H2,1H3;5-8,11H,1-4,9-10H2,(H,15,17);1-4H2. The zero-order valence-electron chi connectivity index (χ0n) is 24.9. The highest BCUT2D eigenvalue weighted by Gasteiger charge is 2.27. The van der Waals surface area contributed by atoms with Crippen molar-refractivity contribution in [1.29, 1.82) is 0 Å². The van der Waals surface area contributed by atoms with Gasteiger partial charge in [0.2, 0.25) is 0 Å². The van der Waals surface area contributed by atoms with E-state index in [4.69, 9.17) is 0 Å². The lowest BCUT2D eigenvalue weighted by atomic mass is 9.81. The van der Waals surface area contributed by atoms with E-state index in [1.165, 1.54) is 49.7 Å². The molecule has 0 spiro atoms. The average molecular weight is 565 g/mol. The van der Waals surface area contributed by atoms with E-state index in [1.54, 1.807) is 6.20 Å². The summed E-state index contributed by atoms with van der Waals surface area (Å²) in [7, 11) is 1.90. The molecule has 6 nitrogen and oxygen atoms in total. The van der Waals surface area contributed by atoms with Crippen molar-refractivity contribution in [3.05, 3.63) is 90.3 Å². The number of nitrogens with zero attached hydrogens (tertiary/aromatic N) is 2. The molecule has 3 saturated carbocycles. The van der Waals surface area contributed by atoms with Crippen LogP contribution in [0.4, 0.5) is 16.2 Å². The molecule has 3 aliphatic carbocycles. The van der Waals surface area contributed by atoms with Crippen LogP contribution in [0.3, 0.4) is 0 Å². The van der Waals surface area contributed by atoms with Crippen LogP contribution in [-0.4, -0.2) is 41.8 Å². The van der Waals surface area contributed by atoms with Gasteiger partial charge in [-0.3, -0.25) is 9.78 Å². The number of nitrogens with one attached hydrogen (secondary N) is 2. The van der Waals surface area contributed by atoms with E-state index in [-0.39, 0.29) is 17.7 Å². The first-order valence-electron chi connectivity index (χ1n) is 15.6. The molecule has 6 heteroatoms. The number of amides is 2. The van der Waals surface area contributed by atoms with E-state index >= 15 is 0 Å². The molecule has 0 unspecified atom stereocenters. The maximum absolute atomic E-state index is 12.1. The van der Waals surface area contributed by atoms with Crippen LogP contribution in [0.2, 0.25) is 0 Å². The van der Waals surface area contributed by atoms with Crippen LogP contribution in [0, 0.1) is 5.92 Å². The molecule has 1 aromatic heterocycles. The Morgan fingerprint density at radius 2 is 1.40 bits per heavy atom. The Kier molecular flexibility index (Phi) is 10.1. The number of urea groups is 1. The number of pyridine rings is 1. The third-order valence-corrected chi connectivity index (χ3v) is 8.66. The topological polar surface area (TPSA) is 74.3 Å². The molecule has 2 aromatic carbocycles. The number of aromatic nitrogens is 1. The number of carbonyl (C=O) groups excluding carboxylic acids is 2. The van der Waals surface area contributed by atoms with Crippen LogP contribution in [0.25, 0.3) is 11.1 Å². The van der Waals surface area contributed by atoms with E-state index in [2.05, 4.69) is 46.5 Å². The van der Waals surface area contributed by atoms with Crippen LogP contribution in [0.15, 0.2) is 79.0 Å². The third-order valence-electron chi connectivity index (χ3n) is 8.66. The van der Waals surface area contributed by atoms with Crippen molar-refractivity contribution < 1.29 is 9.59 Å². The van der Waals surface area contributed by atoms with Gasteiger partial charge in [0.05, 0.1) is 0 Å². The number of hydrogen-bond donors (Lipinski definition) is 2. The summed E-state index contributed by atoms with van der Waals surface area (Å²) >= 11 is 0. The van der Waals surface area contributed by atoms with Gasteiger partial charge >= 0.3 is 6.03 Å². The summed E-state index contributed by atoms with van der Waals surface area (Å²) in [4.78, 5) is 30.2. The van der Waals surface area contributed by atoms with Crippen LogP contribution in [0.5, 0.6) is 0 Å². The monoisotopic (exact) mass is 564 g/mol. The number of carbonyl (C=O) groups is 2. The maximum atomic E-state index is 12.1. The van der Waals surface area contributed by atoms with Gasteiger partial charge in [0.15, 0.2) is 5.78 Å². The van der Waals surface area contributed by atoms with E-state index < -0.39 is 0 Å². The number of hydrogen-bond acceptors (Lipinski definition) is 4. The summed E-state index contributed by atoms with van der Waals surface area (Å²) in [5.41, 5.74) is 7.58. The van der Waals surface area contributed by atoms with Gasteiger partial charge in [-0.15, -0.1) is 0 Å². The van der Waals surface area contributed by atoms with E-state index in [1.807, 2.05) is 48.3 Å². The summed E-state index contributed by atoms with van der Waals surface area (Å²) in [6.45, 7) is 5.55. The van der Waals surface area contributed by atoms with E-state index in [0.717, 1.165) is 67.2 Å². The van der Waals surface area contributed by atoms with Gasteiger partial charge in [-0.25, -0.2) is 4.79 Å². The van der Waals surface area contributed by atoms with E-state index in [9.17, 15) is 9.59 Å². The van der Waals surface area contributed by atoms with Gasteiger partial charge in [-0.2, -0.15) is 0 Å². The zero-order chi connectivity index (χ0) is 29.3. The summed E-state index contributed by atoms with van der Waals surface area (Å²) < 4.78 is 0. The lowest BCUT2D eigenvalue weighted by molar-refractivity contribution is 0.0850. The van der Waals surface area contributed by atoms with Crippen molar-refractivity contribution in [2.24, 2.45) is 5.92 Å². The zero-order valence-corrected chi connectivity index (χ0v) is 24.9. The second kappa shape index (κ2) is 14.3. The second-order valence-electron chi connectivity index (χ2n) is 11.9. The van der Waals surface area contributed by atoms with Gasteiger partial charge in [0.25, 0.3) is 0 Å². The van der Waals surface area contributed by atoms with Crippen molar-refractivity contribution in [2.45, 2.75) is 70.1 Å². The van der Waals surface area contributed by atoms with Gasteiger partial charge in [0, 0.05) is 49.2 Å². The van der Waals surface area contributed by atoms with Crippen molar-refractivity contribution in [3.63, 3.8) is 0 Å². The fourth-order valence-electron chi connectivity index (χ4n) is 5.22. The molecule has 2 N–H and O–H groups in total. The predicted octanol–water partition coefficient (Wildman–Crippen LogP) is 8.69. The highest BCUT2D eigenvalue weighted by Crippen LogP contribution is 2.40. The number of allylic oxidation sites excluding steroid dienone is 1. The van der Waals surface area contributed by atoms with Gasteiger partial charge in [0.1, 0.15) is 5.69 Å². The van der Waals surface area contributed by atoms with E-state index in [0.29, 0.717) is 5.69 Å². The molecule has 2 heterocycles. The first-order valence-corrected chi connectivity index (χ1v) is 15.6. The van der Waals surface area contributed by atoms with Crippen LogP contribution >= 0.6 is 0 Å². The molecule has 7 rings (SSSR count). The Hall–Kier alpha value is -3.93. The second-order valence-corrected chi connectivity index (χ2v) is 11.9. The van der Waals surface area contributed by atoms with Crippen molar-refractivity contribution in [1.82, 2.24) is 9.88 Å². The number of rotatable bonds is 6. The number of likely N-dealkylation sites (tertiary alicyclic amines) is 1. The largest absolute Gasteiger partial charge is 0.388 e. The fraction of sp³-hybridized carbons (Fsp3) is 0.417. The average Bonchev–Trinajstić information content (AvgIpc) is 3.69. The lowest BCUT2D eigenvalue weighted by Gasteiger charge is -2.23.